The first kappa shape index (κ1) is 25.1. The van der Waals surface area contributed by atoms with E-state index >= 15 is 0 Å². The molecule has 8 rings (SSSR count). The van der Waals surface area contributed by atoms with Gasteiger partial charge in [0, 0.05) is 40.4 Å². The van der Waals surface area contributed by atoms with Crippen LogP contribution in [0.3, 0.4) is 0 Å². The van der Waals surface area contributed by atoms with Gasteiger partial charge in [-0.15, -0.1) is 0 Å². The quantitative estimate of drug-likeness (QED) is 0.207. The number of aromatic nitrogens is 1. The van der Waals surface area contributed by atoms with Gasteiger partial charge >= 0.3 is 0 Å². The molecule has 0 aliphatic carbocycles. The van der Waals surface area contributed by atoms with Crippen molar-refractivity contribution in [2.45, 2.75) is 0 Å². The zero-order valence-electron chi connectivity index (χ0n) is 24.0. The molecule has 0 N–H and O–H groups in total. The van der Waals surface area contributed by atoms with E-state index in [1.54, 1.807) is 0 Å². The van der Waals surface area contributed by atoms with Crippen LogP contribution in [0.5, 0.6) is 0 Å². The topological polar surface area (TPSA) is 8.17 Å². The van der Waals surface area contributed by atoms with Gasteiger partial charge < -0.3 is 9.47 Å². The van der Waals surface area contributed by atoms with Crippen LogP contribution >= 0.6 is 0 Å². The first-order valence-corrected chi connectivity index (χ1v) is 14.8. The number of hydrogen-bond donors (Lipinski definition) is 0. The predicted molar refractivity (Wildman–Crippen MR) is 184 cm³/mol. The fraction of sp³-hybridized carbons (Fsp3) is 0.0244. The maximum absolute atomic E-state index is 2.43. The average molecular weight is 551 g/mol. The summed E-state index contributed by atoms with van der Waals surface area (Å²) in [5.74, 6) is 0. The van der Waals surface area contributed by atoms with Crippen LogP contribution in [-0.2, 0) is 0 Å². The minimum atomic E-state index is 1.17. The molecular weight excluding hydrogens is 520 g/mol. The van der Waals surface area contributed by atoms with Gasteiger partial charge in [0.2, 0.25) is 0 Å². The van der Waals surface area contributed by atoms with Gasteiger partial charge in [-0.25, -0.2) is 0 Å². The van der Waals surface area contributed by atoms with E-state index in [1.807, 2.05) is 6.07 Å². The van der Waals surface area contributed by atoms with Gasteiger partial charge in [0.25, 0.3) is 0 Å². The number of anilines is 2. The highest BCUT2D eigenvalue weighted by Gasteiger charge is 2.17. The highest BCUT2D eigenvalue weighted by molar-refractivity contribution is 6.17. The van der Waals surface area contributed by atoms with Gasteiger partial charge in [0.15, 0.2) is 0 Å². The maximum atomic E-state index is 2.43. The van der Waals surface area contributed by atoms with Crippen molar-refractivity contribution in [1.82, 2.24) is 4.57 Å². The van der Waals surface area contributed by atoms with E-state index in [0.29, 0.717) is 0 Å². The molecule has 0 bridgehead atoms. The second-order valence-electron chi connectivity index (χ2n) is 11.1. The standard InChI is InChI=1S/C41H30N2/c1-42(34-13-4-2-5-14-34)35-25-23-30(24-26-35)29-19-21-31(22-20-29)37-17-10-18-38-39-27-32-11-8-9-12-33(32)28-40(39)43(41(37)38)36-15-6-3-7-16-36/h2-28H,1H3. The van der Waals surface area contributed by atoms with E-state index in [4.69, 9.17) is 0 Å². The lowest BCUT2D eigenvalue weighted by Gasteiger charge is -2.19. The molecule has 0 radical (unpaired) electrons. The Balaban J connectivity index is 1.23. The van der Waals surface area contributed by atoms with Crippen LogP contribution in [0.2, 0.25) is 0 Å². The van der Waals surface area contributed by atoms with E-state index in [-0.39, 0.29) is 0 Å². The Morgan fingerprint density at radius 2 is 1.00 bits per heavy atom. The number of benzene rings is 7. The molecule has 0 saturated heterocycles. The summed E-state index contributed by atoms with van der Waals surface area (Å²) in [5, 5.41) is 5.06. The van der Waals surface area contributed by atoms with Crippen LogP contribution in [0.25, 0.3) is 60.5 Å². The third-order valence-corrected chi connectivity index (χ3v) is 8.60. The smallest absolute Gasteiger partial charge is 0.0619 e. The molecule has 0 atom stereocenters. The average Bonchev–Trinajstić information content (AvgIpc) is 3.41. The Morgan fingerprint density at radius 1 is 0.442 bits per heavy atom. The summed E-state index contributed by atoms with van der Waals surface area (Å²) in [6.45, 7) is 0. The summed E-state index contributed by atoms with van der Waals surface area (Å²) in [7, 11) is 2.11. The SMILES string of the molecule is CN(c1ccccc1)c1ccc(-c2ccc(-c3cccc4c5cc6ccccc6cc5n(-c5ccccc5)c34)cc2)cc1. The van der Waals surface area contributed by atoms with E-state index in [2.05, 4.69) is 174 Å². The van der Waals surface area contributed by atoms with Gasteiger partial charge in [0.1, 0.15) is 0 Å². The lowest BCUT2D eigenvalue weighted by atomic mass is 9.98. The molecule has 2 nitrogen and oxygen atoms in total. The first-order valence-electron chi connectivity index (χ1n) is 14.8. The first-order chi connectivity index (χ1) is 21.2. The molecule has 1 aromatic heterocycles. The molecule has 0 saturated carbocycles. The van der Waals surface area contributed by atoms with Crippen LogP contribution < -0.4 is 4.90 Å². The molecule has 0 spiro atoms. The molecule has 43 heavy (non-hydrogen) atoms. The van der Waals surface area contributed by atoms with Gasteiger partial charge in [-0.1, -0.05) is 115 Å². The Morgan fingerprint density at radius 3 is 1.70 bits per heavy atom. The van der Waals surface area contributed by atoms with E-state index < -0.39 is 0 Å². The monoisotopic (exact) mass is 550 g/mol. The van der Waals surface area contributed by atoms with Gasteiger partial charge in [0.05, 0.1) is 11.0 Å². The molecule has 2 heteroatoms. The maximum Gasteiger partial charge on any atom is 0.0619 e. The zero-order chi connectivity index (χ0) is 28.8. The van der Waals surface area contributed by atoms with Gasteiger partial charge in [-0.3, -0.25) is 0 Å². The molecule has 8 aromatic rings. The molecule has 1 heterocycles. The molecule has 0 aliphatic rings. The van der Waals surface area contributed by atoms with Crippen molar-refractivity contribution in [3.8, 4) is 27.9 Å². The highest BCUT2D eigenvalue weighted by Crippen LogP contribution is 2.40. The number of fused-ring (bicyclic) bond motifs is 4. The van der Waals surface area contributed by atoms with Gasteiger partial charge in [-0.05, 0) is 76.0 Å². The number of para-hydroxylation sites is 3. The van der Waals surface area contributed by atoms with Crippen molar-refractivity contribution in [1.29, 1.82) is 0 Å². The molecule has 7 aromatic carbocycles. The molecule has 0 aliphatic heterocycles. The van der Waals surface area contributed by atoms with Crippen molar-refractivity contribution in [3.63, 3.8) is 0 Å². The summed E-state index contributed by atoms with van der Waals surface area (Å²) in [6, 6.07) is 59.0. The largest absolute Gasteiger partial charge is 0.345 e. The van der Waals surface area contributed by atoms with Crippen LogP contribution in [0.15, 0.2) is 164 Å². The molecule has 0 fully saturated rings. The van der Waals surface area contributed by atoms with Gasteiger partial charge in [-0.2, -0.15) is 0 Å². The molecule has 0 amide bonds. The molecule has 204 valence electrons. The number of hydrogen-bond acceptors (Lipinski definition) is 1. The second-order valence-corrected chi connectivity index (χ2v) is 11.1. The Labute approximate surface area is 251 Å². The van der Waals surface area contributed by atoms with E-state index in [0.717, 1.165) is 0 Å². The minimum Gasteiger partial charge on any atom is -0.345 e. The highest BCUT2D eigenvalue weighted by atomic mass is 15.1. The molecule has 0 unspecified atom stereocenters. The molecular formula is C41H30N2. The Kier molecular flexibility index (Phi) is 6.05. The fourth-order valence-electron chi connectivity index (χ4n) is 6.35. The van der Waals surface area contributed by atoms with Crippen LogP contribution in [-0.4, -0.2) is 11.6 Å². The lowest BCUT2D eigenvalue weighted by Crippen LogP contribution is -2.08. The summed E-state index contributed by atoms with van der Waals surface area (Å²) in [6.07, 6.45) is 0. The van der Waals surface area contributed by atoms with E-state index in [9.17, 15) is 0 Å². The van der Waals surface area contributed by atoms with E-state index in [1.165, 1.54) is 71.9 Å². The fourth-order valence-corrected chi connectivity index (χ4v) is 6.35. The summed E-state index contributed by atoms with van der Waals surface area (Å²) in [4.78, 5) is 2.21. The van der Waals surface area contributed by atoms with Crippen molar-refractivity contribution < 1.29 is 0 Å². The van der Waals surface area contributed by atoms with Crippen molar-refractivity contribution in [2.24, 2.45) is 0 Å². The second kappa shape index (κ2) is 10.3. The minimum absolute atomic E-state index is 1.17. The van der Waals surface area contributed by atoms with Crippen molar-refractivity contribution in [3.05, 3.63) is 164 Å². The van der Waals surface area contributed by atoms with Crippen molar-refractivity contribution in [2.75, 3.05) is 11.9 Å². The van der Waals surface area contributed by atoms with Crippen molar-refractivity contribution >= 4 is 44.0 Å². The summed E-state index contributed by atoms with van der Waals surface area (Å²) >= 11 is 0. The normalized spacial score (nSPS) is 11.4. The predicted octanol–water partition coefficient (Wildman–Crippen LogP) is 11.0. The van der Waals surface area contributed by atoms with Crippen LogP contribution in [0.1, 0.15) is 0 Å². The summed E-state index contributed by atoms with van der Waals surface area (Å²) < 4.78 is 2.43. The number of rotatable bonds is 5. The van der Waals surface area contributed by atoms with Crippen LogP contribution in [0, 0.1) is 0 Å². The Bertz CT molecular complexity index is 2210. The van der Waals surface area contributed by atoms with Crippen LogP contribution in [0.4, 0.5) is 11.4 Å². The Hall–Kier alpha value is -5.60. The lowest BCUT2D eigenvalue weighted by molar-refractivity contribution is 1.18. The third kappa shape index (κ3) is 4.36. The number of nitrogens with zero attached hydrogens (tertiary/aromatic N) is 2. The third-order valence-electron chi connectivity index (χ3n) is 8.60. The summed E-state index contributed by atoms with van der Waals surface area (Å²) in [5.41, 5.74) is 10.8. The zero-order valence-corrected chi connectivity index (χ0v) is 24.0.